The van der Waals surface area contributed by atoms with E-state index in [9.17, 15) is 0 Å². The molecule has 3 heteroatoms. The van der Waals surface area contributed by atoms with E-state index in [1.807, 2.05) is 6.07 Å². The van der Waals surface area contributed by atoms with Crippen LogP contribution in [-0.4, -0.2) is 0 Å². The van der Waals surface area contributed by atoms with Gasteiger partial charge in [-0.2, -0.15) is 0 Å². The maximum Gasteiger partial charge on any atom is 0.0950 e. The summed E-state index contributed by atoms with van der Waals surface area (Å²) in [4.78, 5) is 0. The van der Waals surface area contributed by atoms with E-state index in [1.165, 1.54) is 9.13 Å². The lowest BCUT2D eigenvalue weighted by molar-refractivity contribution is 0.558. The van der Waals surface area contributed by atoms with Gasteiger partial charge < -0.3 is 10.2 Å². The molecule has 0 aliphatic rings. The zero-order valence-corrected chi connectivity index (χ0v) is 10.3. The third kappa shape index (κ3) is 2.82. The fourth-order valence-corrected chi connectivity index (χ4v) is 1.84. The van der Waals surface area contributed by atoms with Gasteiger partial charge in [0.25, 0.3) is 0 Å². The zero-order chi connectivity index (χ0) is 10.7. The lowest BCUT2D eigenvalue weighted by Gasteiger charge is -2.09. The molecule has 1 atom stereocenters. The Morgan fingerprint density at radius 2 is 1.93 bits per heavy atom. The number of hydrogen-bond acceptors (Lipinski definition) is 2. The largest absolute Gasteiger partial charge is 0.472 e. The van der Waals surface area contributed by atoms with Crippen molar-refractivity contribution in [2.24, 2.45) is 5.73 Å². The third-order valence-electron chi connectivity index (χ3n) is 2.34. The molecule has 0 aliphatic heterocycles. The van der Waals surface area contributed by atoms with E-state index in [2.05, 4.69) is 46.9 Å². The van der Waals surface area contributed by atoms with E-state index in [1.54, 1.807) is 12.5 Å². The SMILES string of the molecule is NC(Cc1ccc(I)cc1)c1ccoc1. The molecule has 0 amide bonds. The molecule has 78 valence electrons. The van der Waals surface area contributed by atoms with Gasteiger partial charge in [-0.15, -0.1) is 0 Å². The second-order valence-electron chi connectivity index (χ2n) is 3.49. The van der Waals surface area contributed by atoms with Crippen molar-refractivity contribution in [1.29, 1.82) is 0 Å². The molecule has 2 rings (SSSR count). The molecule has 2 nitrogen and oxygen atoms in total. The van der Waals surface area contributed by atoms with Crippen LogP contribution in [0.1, 0.15) is 17.2 Å². The molecule has 0 bridgehead atoms. The predicted molar refractivity (Wildman–Crippen MR) is 68.5 cm³/mol. The predicted octanol–water partition coefficient (Wildman–Crippen LogP) is 3.13. The van der Waals surface area contributed by atoms with Crippen molar-refractivity contribution >= 4 is 22.6 Å². The highest BCUT2D eigenvalue weighted by atomic mass is 127. The number of furan rings is 1. The average molecular weight is 313 g/mol. The molecule has 15 heavy (non-hydrogen) atoms. The lowest BCUT2D eigenvalue weighted by Crippen LogP contribution is -2.12. The van der Waals surface area contributed by atoms with Crippen LogP contribution in [0.4, 0.5) is 0 Å². The number of benzene rings is 1. The molecular formula is C12H12INO. The second kappa shape index (κ2) is 4.81. The fourth-order valence-electron chi connectivity index (χ4n) is 1.48. The van der Waals surface area contributed by atoms with Gasteiger partial charge in [0.05, 0.1) is 12.5 Å². The molecule has 1 heterocycles. The molecule has 2 aromatic rings. The van der Waals surface area contributed by atoms with Gasteiger partial charge >= 0.3 is 0 Å². The highest BCUT2D eigenvalue weighted by Crippen LogP contribution is 2.17. The number of halogens is 1. The third-order valence-corrected chi connectivity index (χ3v) is 3.06. The van der Waals surface area contributed by atoms with E-state index in [0.29, 0.717) is 0 Å². The Bertz CT molecular complexity index is 408. The highest BCUT2D eigenvalue weighted by molar-refractivity contribution is 14.1. The van der Waals surface area contributed by atoms with Gasteiger partial charge in [-0.1, -0.05) is 12.1 Å². The van der Waals surface area contributed by atoms with E-state index in [4.69, 9.17) is 10.2 Å². The van der Waals surface area contributed by atoms with Gasteiger partial charge in [0, 0.05) is 15.2 Å². The summed E-state index contributed by atoms with van der Waals surface area (Å²) >= 11 is 2.29. The monoisotopic (exact) mass is 313 g/mol. The van der Waals surface area contributed by atoms with Gasteiger partial charge in [-0.3, -0.25) is 0 Å². The molecule has 0 fully saturated rings. The summed E-state index contributed by atoms with van der Waals surface area (Å²) in [7, 11) is 0. The molecule has 1 unspecified atom stereocenters. The van der Waals surface area contributed by atoms with Crippen LogP contribution in [0.15, 0.2) is 47.3 Å². The first-order valence-electron chi connectivity index (χ1n) is 4.78. The molecule has 0 spiro atoms. The summed E-state index contributed by atoms with van der Waals surface area (Å²) in [6, 6.07) is 10.3. The van der Waals surface area contributed by atoms with Crippen molar-refractivity contribution in [2.75, 3.05) is 0 Å². The van der Waals surface area contributed by atoms with E-state index in [-0.39, 0.29) is 6.04 Å². The Labute approximate surface area is 103 Å². The topological polar surface area (TPSA) is 39.2 Å². The van der Waals surface area contributed by atoms with Crippen molar-refractivity contribution in [3.63, 3.8) is 0 Å². The number of hydrogen-bond donors (Lipinski definition) is 1. The summed E-state index contributed by atoms with van der Waals surface area (Å²) in [5, 5.41) is 0. The van der Waals surface area contributed by atoms with Crippen LogP contribution in [0.2, 0.25) is 0 Å². The minimum atomic E-state index is 0.0174. The number of nitrogens with two attached hydrogens (primary N) is 1. The summed E-state index contributed by atoms with van der Waals surface area (Å²) in [6.07, 6.45) is 4.21. The van der Waals surface area contributed by atoms with Crippen molar-refractivity contribution in [3.8, 4) is 0 Å². The molecule has 0 saturated heterocycles. The maximum atomic E-state index is 6.05. The zero-order valence-electron chi connectivity index (χ0n) is 8.19. The smallest absolute Gasteiger partial charge is 0.0950 e. The molecule has 1 aromatic heterocycles. The highest BCUT2D eigenvalue weighted by Gasteiger charge is 2.07. The Morgan fingerprint density at radius 1 is 1.20 bits per heavy atom. The Balaban J connectivity index is 2.06. The second-order valence-corrected chi connectivity index (χ2v) is 4.74. The van der Waals surface area contributed by atoms with Crippen molar-refractivity contribution < 1.29 is 4.42 Å². The quantitative estimate of drug-likeness (QED) is 0.884. The van der Waals surface area contributed by atoms with Crippen molar-refractivity contribution in [1.82, 2.24) is 0 Å². The summed E-state index contributed by atoms with van der Waals surface area (Å²) < 4.78 is 6.25. The van der Waals surface area contributed by atoms with Crippen LogP contribution in [0.3, 0.4) is 0 Å². The summed E-state index contributed by atoms with van der Waals surface area (Å²) in [6.45, 7) is 0. The van der Waals surface area contributed by atoms with Gasteiger partial charge in [0.2, 0.25) is 0 Å². The molecule has 0 radical (unpaired) electrons. The van der Waals surface area contributed by atoms with Gasteiger partial charge in [0.1, 0.15) is 0 Å². The Kier molecular flexibility index (Phi) is 3.43. The first-order valence-corrected chi connectivity index (χ1v) is 5.85. The van der Waals surface area contributed by atoms with Crippen LogP contribution < -0.4 is 5.73 Å². The normalized spacial score (nSPS) is 12.7. The van der Waals surface area contributed by atoms with E-state index in [0.717, 1.165) is 12.0 Å². The molecule has 0 saturated carbocycles. The Hall–Kier alpha value is -0.810. The maximum absolute atomic E-state index is 6.05. The minimum absolute atomic E-state index is 0.0174. The van der Waals surface area contributed by atoms with Gasteiger partial charge in [-0.25, -0.2) is 0 Å². The molecular weight excluding hydrogens is 301 g/mol. The lowest BCUT2D eigenvalue weighted by atomic mass is 10.0. The van der Waals surface area contributed by atoms with Crippen LogP contribution >= 0.6 is 22.6 Å². The standard InChI is InChI=1S/C12H12INO/c13-11-3-1-9(2-4-11)7-12(14)10-5-6-15-8-10/h1-6,8,12H,7,14H2. The molecule has 0 aliphatic carbocycles. The molecule has 1 aromatic carbocycles. The number of rotatable bonds is 3. The molecule has 2 N–H and O–H groups in total. The van der Waals surface area contributed by atoms with E-state index < -0.39 is 0 Å². The van der Waals surface area contributed by atoms with Crippen LogP contribution in [-0.2, 0) is 6.42 Å². The summed E-state index contributed by atoms with van der Waals surface area (Å²) in [5.74, 6) is 0. The average Bonchev–Trinajstić information content (AvgIpc) is 2.74. The first kappa shape index (κ1) is 10.7. The summed E-state index contributed by atoms with van der Waals surface area (Å²) in [5.41, 5.74) is 8.35. The van der Waals surface area contributed by atoms with Crippen molar-refractivity contribution in [3.05, 3.63) is 57.6 Å². The minimum Gasteiger partial charge on any atom is -0.472 e. The van der Waals surface area contributed by atoms with Gasteiger partial charge in [0.15, 0.2) is 0 Å². The van der Waals surface area contributed by atoms with Gasteiger partial charge in [-0.05, 0) is 52.8 Å². The van der Waals surface area contributed by atoms with Crippen LogP contribution in [0, 0.1) is 3.57 Å². The Morgan fingerprint density at radius 3 is 2.53 bits per heavy atom. The first-order chi connectivity index (χ1) is 7.25. The fraction of sp³-hybridized carbons (Fsp3) is 0.167. The van der Waals surface area contributed by atoms with Crippen molar-refractivity contribution in [2.45, 2.75) is 12.5 Å². The van der Waals surface area contributed by atoms with Crippen LogP contribution in [0.5, 0.6) is 0 Å². The van der Waals surface area contributed by atoms with Crippen LogP contribution in [0.25, 0.3) is 0 Å². The van der Waals surface area contributed by atoms with E-state index >= 15 is 0 Å².